The summed E-state index contributed by atoms with van der Waals surface area (Å²) < 4.78 is 21.7. The summed E-state index contributed by atoms with van der Waals surface area (Å²) in [4.78, 5) is 23.6. The van der Waals surface area contributed by atoms with Gasteiger partial charge < -0.3 is 24.1 Å². The van der Waals surface area contributed by atoms with Gasteiger partial charge in [0.15, 0.2) is 17.3 Å². The molecule has 0 aromatic heterocycles. The van der Waals surface area contributed by atoms with Crippen LogP contribution in [0.5, 0.6) is 11.5 Å². The molecule has 3 atom stereocenters. The third-order valence-electron chi connectivity index (χ3n) is 4.84. The van der Waals surface area contributed by atoms with Crippen molar-refractivity contribution in [1.29, 1.82) is 0 Å². The lowest BCUT2D eigenvalue weighted by Crippen LogP contribution is -2.41. The standard InChI is InChI=1S/C19H22O7/c1-23-15-6-3-11(7-17(15)24-2)14-9-26-16-8-12(25-10-18(20)21)4-5-13(16)19(14)22/h3,6-7,9,12-13,16H,4-5,8,10H2,1-2H3,(H,20,21). The van der Waals surface area contributed by atoms with Crippen LogP contribution in [0.2, 0.25) is 0 Å². The van der Waals surface area contributed by atoms with Crippen molar-refractivity contribution in [1.82, 2.24) is 0 Å². The molecule has 0 saturated heterocycles. The number of Topliss-reactive ketones (excluding diaryl/α,β-unsaturated/α-hetero) is 1. The summed E-state index contributed by atoms with van der Waals surface area (Å²) in [7, 11) is 3.10. The third kappa shape index (κ3) is 3.67. The molecule has 1 aromatic carbocycles. The van der Waals surface area contributed by atoms with E-state index < -0.39 is 5.97 Å². The van der Waals surface area contributed by atoms with Gasteiger partial charge in [0.25, 0.3) is 0 Å². The van der Waals surface area contributed by atoms with Crippen LogP contribution in [-0.4, -0.2) is 49.9 Å². The van der Waals surface area contributed by atoms with Gasteiger partial charge in [0.05, 0.1) is 38.1 Å². The molecule has 7 nitrogen and oxygen atoms in total. The molecule has 2 aliphatic rings. The largest absolute Gasteiger partial charge is 0.496 e. The Kier molecular flexibility index (Phi) is 5.46. The van der Waals surface area contributed by atoms with E-state index in [0.29, 0.717) is 36.3 Å². The fraction of sp³-hybridized carbons (Fsp3) is 0.474. The van der Waals surface area contributed by atoms with Crippen LogP contribution in [0.4, 0.5) is 0 Å². The highest BCUT2D eigenvalue weighted by Crippen LogP contribution is 2.39. The number of ether oxygens (including phenoxy) is 4. The summed E-state index contributed by atoms with van der Waals surface area (Å²) in [5.41, 5.74) is 1.23. The second-order valence-electron chi connectivity index (χ2n) is 6.39. The highest BCUT2D eigenvalue weighted by Gasteiger charge is 2.40. The molecule has 1 aliphatic heterocycles. The van der Waals surface area contributed by atoms with Gasteiger partial charge in [0.2, 0.25) is 0 Å². The fourth-order valence-corrected chi connectivity index (χ4v) is 3.51. The molecule has 1 fully saturated rings. The zero-order chi connectivity index (χ0) is 18.7. The number of carbonyl (C=O) groups is 2. The summed E-state index contributed by atoms with van der Waals surface area (Å²) in [5.74, 6) is -0.0667. The minimum Gasteiger partial charge on any atom is -0.496 e. The Morgan fingerprint density at radius 2 is 2.00 bits per heavy atom. The van der Waals surface area contributed by atoms with Gasteiger partial charge in [0, 0.05) is 6.42 Å². The first kappa shape index (κ1) is 18.3. The highest BCUT2D eigenvalue weighted by atomic mass is 16.5. The number of ketones is 1. The van der Waals surface area contributed by atoms with Crippen molar-refractivity contribution in [3.63, 3.8) is 0 Å². The number of fused-ring (bicyclic) bond motifs is 1. The van der Waals surface area contributed by atoms with Gasteiger partial charge in [-0.15, -0.1) is 0 Å². The number of hydrogen-bond donors (Lipinski definition) is 1. The number of methoxy groups -OCH3 is 2. The summed E-state index contributed by atoms with van der Waals surface area (Å²) >= 11 is 0. The predicted molar refractivity (Wildman–Crippen MR) is 92.1 cm³/mol. The zero-order valence-corrected chi connectivity index (χ0v) is 14.8. The van der Waals surface area contributed by atoms with Crippen LogP contribution in [0.25, 0.3) is 5.57 Å². The number of allylic oxidation sites excluding steroid dienone is 1. The second kappa shape index (κ2) is 7.78. The van der Waals surface area contributed by atoms with Gasteiger partial charge in [-0.2, -0.15) is 0 Å². The second-order valence-corrected chi connectivity index (χ2v) is 6.39. The monoisotopic (exact) mass is 362 g/mol. The molecular formula is C19H22O7. The Balaban J connectivity index is 1.75. The summed E-state index contributed by atoms with van der Waals surface area (Å²) in [6, 6.07) is 5.31. The van der Waals surface area contributed by atoms with E-state index in [1.165, 1.54) is 6.26 Å². The van der Waals surface area contributed by atoms with E-state index in [-0.39, 0.29) is 30.5 Å². The van der Waals surface area contributed by atoms with Crippen molar-refractivity contribution < 1.29 is 33.6 Å². The van der Waals surface area contributed by atoms with Crippen molar-refractivity contribution in [2.75, 3.05) is 20.8 Å². The van der Waals surface area contributed by atoms with Crippen LogP contribution < -0.4 is 9.47 Å². The van der Waals surface area contributed by atoms with Crippen LogP contribution in [0.15, 0.2) is 24.5 Å². The lowest BCUT2D eigenvalue weighted by molar-refractivity contribution is -0.148. The summed E-state index contributed by atoms with van der Waals surface area (Å²) in [6.07, 6.45) is 2.78. The van der Waals surface area contributed by atoms with Gasteiger partial charge in [0.1, 0.15) is 12.7 Å². The minimum atomic E-state index is -0.997. The van der Waals surface area contributed by atoms with Crippen LogP contribution in [0.3, 0.4) is 0 Å². The summed E-state index contributed by atoms with van der Waals surface area (Å²) in [6.45, 7) is -0.331. The topological polar surface area (TPSA) is 91.3 Å². The Hall–Kier alpha value is -2.54. The Labute approximate surface area is 151 Å². The van der Waals surface area contributed by atoms with E-state index in [9.17, 15) is 9.59 Å². The first-order valence-corrected chi connectivity index (χ1v) is 8.49. The predicted octanol–water partition coefficient (Wildman–Crippen LogP) is 2.28. The maximum absolute atomic E-state index is 12.9. The third-order valence-corrected chi connectivity index (χ3v) is 4.84. The SMILES string of the molecule is COc1ccc(C2=COC3CC(OCC(=O)O)CCC3C2=O)cc1OC. The van der Waals surface area contributed by atoms with E-state index in [2.05, 4.69) is 0 Å². The van der Waals surface area contributed by atoms with Gasteiger partial charge in [-0.1, -0.05) is 6.07 Å². The van der Waals surface area contributed by atoms with E-state index in [4.69, 9.17) is 24.1 Å². The Morgan fingerprint density at radius 1 is 1.23 bits per heavy atom. The van der Waals surface area contributed by atoms with E-state index >= 15 is 0 Å². The molecule has 1 N–H and O–H groups in total. The molecule has 3 unspecified atom stereocenters. The number of carbonyl (C=O) groups excluding carboxylic acids is 1. The number of aliphatic carboxylic acids is 1. The van der Waals surface area contributed by atoms with Crippen LogP contribution in [0.1, 0.15) is 24.8 Å². The fourth-order valence-electron chi connectivity index (χ4n) is 3.51. The smallest absolute Gasteiger partial charge is 0.329 e. The Bertz CT molecular complexity index is 725. The molecule has 0 amide bonds. The molecule has 1 aliphatic carbocycles. The lowest BCUT2D eigenvalue weighted by atomic mass is 9.78. The van der Waals surface area contributed by atoms with Crippen LogP contribution >= 0.6 is 0 Å². The van der Waals surface area contributed by atoms with Gasteiger partial charge in [-0.05, 0) is 30.5 Å². The maximum atomic E-state index is 12.9. The molecule has 7 heteroatoms. The molecule has 1 aromatic rings. The quantitative estimate of drug-likeness (QED) is 0.830. The van der Waals surface area contributed by atoms with Crippen molar-refractivity contribution >= 4 is 17.3 Å². The average Bonchev–Trinajstić information content (AvgIpc) is 2.66. The summed E-state index contributed by atoms with van der Waals surface area (Å²) in [5, 5.41) is 8.72. The number of rotatable bonds is 6. The lowest BCUT2D eigenvalue weighted by Gasteiger charge is -2.37. The van der Waals surface area contributed by atoms with E-state index in [0.717, 1.165) is 5.56 Å². The first-order chi connectivity index (χ1) is 12.5. The van der Waals surface area contributed by atoms with Gasteiger partial charge in [-0.3, -0.25) is 4.79 Å². The normalized spacial score (nSPS) is 24.9. The van der Waals surface area contributed by atoms with Crippen molar-refractivity contribution in [2.45, 2.75) is 31.5 Å². The first-order valence-electron chi connectivity index (χ1n) is 8.49. The maximum Gasteiger partial charge on any atom is 0.329 e. The van der Waals surface area contributed by atoms with E-state index in [1.807, 2.05) is 0 Å². The molecule has 140 valence electrons. The molecule has 3 rings (SSSR count). The average molecular weight is 362 g/mol. The highest BCUT2D eigenvalue weighted by molar-refractivity contribution is 6.22. The number of carboxylic acids is 1. The molecule has 0 bridgehead atoms. The molecular weight excluding hydrogens is 340 g/mol. The molecule has 26 heavy (non-hydrogen) atoms. The molecule has 1 heterocycles. The van der Waals surface area contributed by atoms with Crippen LogP contribution in [0, 0.1) is 5.92 Å². The van der Waals surface area contributed by atoms with Crippen molar-refractivity contribution in [2.24, 2.45) is 5.92 Å². The van der Waals surface area contributed by atoms with Crippen LogP contribution in [-0.2, 0) is 19.1 Å². The van der Waals surface area contributed by atoms with E-state index in [1.54, 1.807) is 32.4 Å². The van der Waals surface area contributed by atoms with Gasteiger partial charge >= 0.3 is 5.97 Å². The molecule has 1 saturated carbocycles. The van der Waals surface area contributed by atoms with Crippen molar-refractivity contribution in [3.8, 4) is 11.5 Å². The van der Waals surface area contributed by atoms with Gasteiger partial charge in [-0.25, -0.2) is 4.79 Å². The van der Waals surface area contributed by atoms with Crippen molar-refractivity contribution in [3.05, 3.63) is 30.0 Å². The number of carboxylic acid groups (broad SMARTS) is 1. The number of hydrogen-bond acceptors (Lipinski definition) is 6. The number of benzene rings is 1. The minimum absolute atomic E-state index is 0.0326. The zero-order valence-electron chi connectivity index (χ0n) is 14.8. The molecule has 0 spiro atoms. The Morgan fingerprint density at radius 3 is 2.69 bits per heavy atom. The molecule has 0 radical (unpaired) electrons.